The lowest BCUT2D eigenvalue weighted by Gasteiger charge is -2.24. The van der Waals surface area contributed by atoms with Crippen LogP contribution >= 0.6 is 0 Å². The minimum atomic E-state index is -0.360. The molecule has 0 spiro atoms. The van der Waals surface area contributed by atoms with Crippen LogP contribution in [0.5, 0.6) is 0 Å². The van der Waals surface area contributed by atoms with Crippen LogP contribution in [0.2, 0.25) is 0 Å². The smallest absolute Gasteiger partial charge is 0.269 e. The number of nitro benzene ring substituents is 1. The highest BCUT2D eigenvalue weighted by Gasteiger charge is 2.10. The highest BCUT2D eigenvalue weighted by molar-refractivity contribution is 5.32. The molecule has 0 heterocycles. The van der Waals surface area contributed by atoms with Gasteiger partial charge in [0.1, 0.15) is 0 Å². The molecule has 0 aliphatic heterocycles. The van der Waals surface area contributed by atoms with Crippen molar-refractivity contribution in [3.05, 3.63) is 39.9 Å². The second-order valence-corrected chi connectivity index (χ2v) is 5.18. The highest BCUT2D eigenvalue weighted by atomic mass is 16.6. The molecule has 0 fully saturated rings. The molecule has 0 aromatic heterocycles. The van der Waals surface area contributed by atoms with E-state index in [1.165, 1.54) is 25.7 Å². The summed E-state index contributed by atoms with van der Waals surface area (Å²) < 4.78 is 0. The molecule has 0 N–H and O–H groups in total. The van der Waals surface area contributed by atoms with E-state index in [2.05, 4.69) is 25.8 Å². The molecule has 1 atom stereocenters. The average molecular weight is 264 g/mol. The largest absolute Gasteiger partial charge is 0.299 e. The molecule has 1 aromatic carbocycles. The van der Waals surface area contributed by atoms with Crippen molar-refractivity contribution < 1.29 is 4.92 Å². The van der Waals surface area contributed by atoms with Gasteiger partial charge in [0.05, 0.1) is 4.92 Å². The summed E-state index contributed by atoms with van der Waals surface area (Å²) in [5.74, 6) is 0. The van der Waals surface area contributed by atoms with Crippen LogP contribution in [0.15, 0.2) is 24.3 Å². The molecule has 4 heteroatoms. The lowest BCUT2D eigenvalue weighted by Crippen LogP contribution is -2.28. The van der Waals surface area contributed by atoms with E-state index in [0.717, 1.165) is 12.1 Å². The van der Waals surface area contributed by atoms with Crippen LogP contribution in [-0.2, 0) is 6.54 Å². The molecule has 0 saturated carbocycles. The van der Waals surface area contributed by atoms with Crippen molar-refractivity contribution in [3.63, 3.8) is 0 Å². The molecule has 0 amide bonds. The molecule has 1 aromatic rings. The molecule has 0 saturated heterocycles. The van der Waals surface area contributed by atoms with Gasteiger partial charge in [-0.1, -0.05) is 38.3 Å². The van der Waals surface area contributed by atoms with Gasteiger partial charge in [0.15, 0.2) is 0 Å². The van der Waals surface area contributed by atoms with Crippen molar-refractivity contribution in [2.75, 3.05) is 7.05 Å². The Hall–Kier alpha value is -1.42. The SMILES string of the molecule is CCCCCC(C)N(C)Cc1ccc([N+](=O)[O-])cc1. The van der Waals surface area contributed by atoms with E-state index in [1.54, 1.807) is 12.1 Å². The maximum atomic E-state index is 10.6. The third-order valence-electron chi connectivity index (χ3n) is 3.56. The fraction of sp³-hybridized carbons (Fsp3) is 0.600. The molecule has 0 bridgehead atoms. The summed E-state index contributed by atoms with van der Waals surface area (Å²) in [6.45, 7) is 5.29. The topological polar surface area (TPSA) is 46.4 Å². The Kier molecular flexibility index (Phi) is 6.50. The molecule has 4 nitrogen and oxygen atoms in total. The van der Waals surface area contributed by atoms with Crippen LogP contribution in [0, 0.1) is 10.1 Å². The van der Waals surface area contributed by atoms with Gasteiger partial charge >= 0.3 is 0 Å². The van der Waals surface area contributed by atoms with Crippen molar-refractivity contribution in [1.82, 2.24) is 4.90 Å². The number of hydrogen-bond acceptors (Lipinski definition) is 3. The van der Waals surface area contributed by atoms with E-state index in [9.17, 15) is 10.1 Å². The predicted octanol–water partition coefficient (Wildman–Crippen LogP) is 4.00. The number of non-ortho nitro benzene ring substituents is 1. The van der Waals surface area contributed by atoms with Gasteiger partial charge in [-0.25, -0.2) is 0 Å². The van der Waals surface area contributed by atoms with E-state index in [-0.39, 0.29) is 10.6 Å². The lowest BCUT2D eigenvalue weighted by atomic mass is 10.1. The normalized spacial score (nSPS) is 12.6. The van der Waals surface area contributed by atoms with Gasteiger partial charge in [0, 0.05) is 24.7 Å². The minimum Gasteiger partial charge on any atom is -0.299 e. The van der Waals surface area contributed by atoms with Crippen LogP contribution in [0.1, 0.15) is 45.1 Å². The zero-order valence-electron chi connectivity index (χ0n) is 12.1. The predicted molar refractivity (Wildman–Crippen MR) is 78.2 cm³/mol. The third kappa shape index (κ3) is 5.39. The number of benzene rings is 1. The molecule has 106 valence electrons. The van der Waals surface area contributed by atoms with Gasteiger partial charge in [-0.3, -0.25) is 15.0 Å². The van der Waals surface area contributed by atoms with Gasteiger partial charge in [-0.15, -0.1) is 0 Å². The van der Waals surface area contributed by atoms with Crippen molar-refractivity contribution in [2.45, 2.75) is 52.1 Å². The second kappa shape index (κ2) is 7.89. The fourth-order valence-electron chi connectivity index (χ4n) is 2.08. The molecule has 1 rings (SSSR count). The van der Waals surface area contributed by atoms with Crippen molar-refractivity contribution in [1.29, 1.82) is 0 Å². The first kappa shape index (κ1) is 15.6. The minimum absolute atomic E-state index is 0.155. The Morgan fingerprint density at radius 1 is 1.26 bits per heavy atom. The second-order valence-electron chi connectivity index (χ2n) is 5.18. The van der Waals surface area contributed by atoms with E-state index < -0.39 is 0 Å². The average Bonchev–Trinajstić information content (AvgIpc) is 2.39. The summed E-state index contributed by atoms with van der Waals surface area (Å²) >= 11 is 0. The van der Waals surface area contributed by atoms with Gasteiger partial charge in [-0.2, -0.15) is 0 Å². The van der Waals surface area contributed by atoms with E-state index >= 15 is 0 Å². The molecule has 0 aliphatic carbocycles. The maximum Gasteiger partial charge on any atom is 0.269 e. The summed E-state index contributed by atoms with van der Waals surface area (Å²) in [6, 6.07) is 7.37. The van der Waals surface area contributed by atoms with E-state index in [0.29, 0.717) is 6.04 Å². The van der Waals surface area contributed by atoms with Crippen LogP contribution in [0.4, 0.5) is 5.69 Å². The Balaban J connectivity index is 2.46. The molecule has 0 aliphatic rings. The zero-order valence-corrected chi connectivity index (χ0v) is 12.1. The number of hydrogen-bond donors (Lipinski definition) is 0. The summed E-state index contributed by atoms with van der Waals surface area (Å²) in [5.41, 5.74) is 1.28. The van der Waals surface area contributed by atoms with Gasteiger partial charge < -0.3 is 0 Å². The standard InChI is InChI=1S/C15H24N2O2/c1-4-5-6-7-13(2)16(3)12-14-8-10-15(11-9-14)17(18)19/h8-11,13H,4-7,12H2,1-3H3. The van der Waals surface area contributed by atoms with Crippen molar-refractivity contribution in [3.8, 4) is 0 Å². The number of unbranched alkanes of at least 4 members (excludes halogenated alkanes) is 2. The molecule has 0 radical (unpaired) electrons. The summed E-state index contributed by atoms with van der Waals surface area (Å²) in [5, 5.41) is 10.6. The Labute approximate surface area is 115 Å². The Morgan fingerprint density at radius 3 is 2.42 bits per heavy atom. The first-order chi connectivity index (χ1) is 9.04. The molecular formula is C15H24N2O2. The summed E-state index contributed by atoms with van der Waals surface area (Å²) in [6.07, 6.45) is 5.01. The van der Waals surface area contributed by atoms with Crippen LogP contribution in [0.25, 0.3) is 0 Å². The molecule has 19 heavy (non-hydrogen) atoms. The van der Waals surface area contributed by atoms with Gasteiger partial charge in [-0.05, 0) is 26.0 Å². The monoisotopic (exact) mass is 264 g/mol. The quantitative estimate of drug-likeness (QED) is 0.405. The number of nitrogens with zero attached hydrogens (tertiary/aromatic N) is 2. The first-order valence-electron chi connectivity index (χ1n) is 6.98. The number of rotatable bonds is 8. The van der Waals surface area contributed by atoms with Crippen LogP contribution in [0.3, 0.4) is 0 Å². The number of nitro groups is 1. The van der Waals surface area contributed by atoms with E-state index in [4.69, 9.17) is 0 Å². The Bertz CT molecular complexity index is 390. The Morgan fingerprint density at radius 2 is 1.89 bits per heavy atom. The van der Waals surface area contributed by atoms with Gasteiger partial charge in [0.2, 0.25) is 0 Å². The summed E-state index contributed by atoms with van der Waals surface area (Å²) in [7, 11) is 2.11. The highest BCUT2D eigenvalue weighted by Crippen LogP contribution is 2.15. The molecular weight excluding hydrogens is 240 g/mol. The summed E-state index contributed by atoms with van der Waals surface area (Å²) in [4.78, 5) is 12.5. The third-order valence-corrected chi connectivity index (χ3v) is 3.56. The first-order valence-corrected chi connectivity index (χ1v) is 6.98. The van der Waals surface area contributed by atoms with Crippen LogP contribution < -0.4 is 0 Å². The fourth-order valence-corrected chi connectivity index (χ4v) is 2.08. The molecule has 1 unspecified atom stereocenters. The maximum absolute atomic E-state index is 10.6. The van der Waals surface area contributed by atoms with E-state index in [1.807, 2.05) is 12.1 Å². The zero-order chi connectivity index (χ0) is 14.3. The lowest BCUT2D eigenvalue weighted by molar-refractivity contribution is -0.384. The van der Waals surface area contributed by atoms with Gasteiger partial charge in [0.25, 0.3) is 5.69 Å². The van der Waals surface area contributed by atoms with Crippen molar-refractivity contribution in [2.24, 2.45) is 0 Å². The van der Waals surface area contributed by atoms with Crippen molar-refractivity contribution >= 4 is 5.69 Å². The van der Waals surface area contributed by atoms with Crippen LogP contribution in [-0.4, -0.2) is 22.9 Å².